The molecule has 2 N–H and O–H groups in total. The normalized spacial score (nSPS) is 12.8. The van der Waals surface area contributed by atoms with Crippen molar-refractivity contribution in [3.63, 3.8) is 0 Å². The van der Waals surface area contributed by atoms with Crippen molar-refractivity contribution >= 4 is 0 Å². The predicted octanol–water partition coefficient (Wildman–Crippen LogP) is 1.21. The lowest BCUT2D eigenvalue weighted by atomic mass is 10.0. The lowest BCUT2D eigenvalue weighted by Crippen LogP contribution is -2.06. The number of aliphatic hydroxyl groups excluding tert-OH is 1. The number of H-pyrrole nitrogens is 1. The van der Waals surface area contributed by atoms with Crippen LogP contribution in [0.5, 0.6) is 0 Å². The Hall–Kier alpha value is -1.75. The van der Waals surface area contributed by atoms with Crippen molar-refractivity contribution in [2.45, 2.75) is 26.9 Å². The number of nitrogens with one attached hydrogen (secondary N) is 1. The topological polar surface area (TPSA) is 74.7 Å². The van der Waals surface area contributed by atoms with Gasteiger partial charge in [0.15, 0.2) is 0 Å². The Labute approximate surface area is 93.5 Å². The van der Waals surface area contributed by atoms with Gasteiger partial charge in [-0.25, -0.2) is 0 Å². The van der Waals surface area contributed by atoms with Crippen LogP contribution in [0.3, 0.4) is 0 Å². The van der Waals surface area contributed by atoms with Crippen LogP contribution < -0.4 is 0 Å². The van der Waals surface area contributed by atoms with Gasteiger partial charge in [0, 0.05) is 17.0 Å². The molecule has 2 rings (SSSR count). The molecule has 1 unspecified atom stereocenters. The largest absolute Gasteiger partial charge is 0.382 e. The summed E-state index contributed by atoms with van der Waals surface area (Å²) in [6.45, 7) is 5.61. The highest BCUT2D eigenvalue weighted by Crippen LogP contribution is 2.23. The molecule has 0 saturated heterocycles. The van der Waals surface area contributed by atoms with Gasteiger partial charge in [-0.3, -0.25) is 10.1 Å². The van der Waals surface area contributed by atoms with Gasteiger partial charge in [0.1, 0.15) is 6.10 Å². The van der Waals surface area contributed by atoms with Crippen LogP contribution in [0, 0.1) is 20.8 Å². The van der Waals surface area contributed by atoms with E-state index in [0.717, 1.165) is 17.0 Å². The zero-order valence-corrected chi connectivity index (χ0v) is 9.52. The molecule has 84 valence electrons. The summed E-state index contributed by atoms with van der Waals surface area (Å²) in [4.78, 5) is 4.32. The Balaban J connectivity index is 2.41. The summed E-state index contributed by atoms with van der Waals surface area (Å²) in [6.07, 6.45) is -0.747. The molecular formula is C11H14N4O. The summed E-state index contributed by atoms with van der Waals surface area (Å²) in [5.41, 5.74) is 3.86. The van der Waals surface area contributed by atoms with Gasteiger partial charge in [-0.05, 0) is 26.8 Å². The second-order valence-electron chi connectivity index (χ2n) is 3.84. The number of rotatable bonds is 2. The molecule has 0 aromatic carbocycles. The van der Waals surface area contributed by atoms with Crippen molar-refractivity contribution in [1.29, 1.82) is 0 Å². The highest BCUT2D eigenvalue weighted by atomic mass is 16.3. The fraction of sp³-hybridized carbons (Fsp3) is 0.364. The fourth-order valence-electron chi connectivity index (χ4n) is 1.69. The van der Waals surface area contributed by atoms with Gasteiger partial charge < -0.3 is 5.11 Å². The monoisotopic (exact) mass is 218 g/mol. The molecule has 0 bridgehead atoms. The highest BCUT2D eigenvalue weighted by Gasteiger charge is 2.18. The molecule has 5 nitrogen and oxygen atoms in total. The lowest BCUT2D eigenvalue weighted by molar-refractivity contribution is 0.213. The van der Waals surface area contributed by atoms with Crippen LogP contribution in [0.25, 0.3) is 0 Å². The first-order chi connectivity index (χ1) is 7.59. The molecule has 2 heterocycles. The average Bonchev–Trinajstić information content (AvgIpc) is 2.63. The maximum absolute atomic E-state index is 10.2. The van der Waals surface area contributed by atoms with Crippen LogP contribution in [-0.4, -0.2) is 25.5 Å². The first kappa shape index (κ1) is 10.8. The predicted molar refractivity (Wildman–Crippen MR) is 58.9 cm³/mol. The van der Waals surface area contributed by atoms with Crippen molar-refractivity contribution in [3.05, 3.63) is 40.5 Å². The van der Waals surface area contributed by atoms with E-state index in [1.165, 1.54) is 0 Å². The van der Waals surface area contributed by atoms with Gasteiger partial charge in [0.05, 0.1) is 11.4 Å². The fourth-order valence-corrected chi connectivity index (χ4v) is 1.69. The third-order valence-corrected chi connectivity index (χ3v) is 2.59. The molecule has 0 saturated carbocycles. The Bertz CT molecular complexity index is 506. The van der Waals surface area contributed by atoms with Gasteiger partial charge in [-0.1, -0.05) is 11.3 Å². The molecule has 0 fully saturated rings. The molecule has 5 heteroatoms. The van der Waals surface area contributed by atoms with Crippen molar-refractivity contribution in [1.82, 2.24) is 20.4 Å². The summed E-state index contributed by atoms with van der Waals surface area (Å²) in [5.74, 6) is 0. The van der Waals surface area contributed by atoms with Gasteiger partial charge in [0.2, 0.25) is 0 Å². The van der Waals surface area contributed by atoms with Crippen molar-refractivity contribution in [2.24, 2.45) is 0 Å². The van der Waals surface area contributed by atoms with Crippen LogP contribution in [0.2, 0.25) is 0 Å². The van der Waals surface area contributed by atoms with E-state index in [1.807, 2.05) is 26.0 Å². The Kier molecular flexibility index (Phi) is 2.70. The maximum atomic E-state index is 10.2. The van der Waals surface area contributed by atoms with E-state index in [2.05, 4.69) is 20.4 Å². The minimum absolute atomic E-state index is 0.619. The van der Waals surface area contributed by atoms with Gasteiger partial charge in [-0.2, -0.15) is 0 Å². The van der Waals surface area contributed by atoms with Crippen molar-refractivity contribution < 1.29 is 5.11 Å². The first-order valence-electron chi connectivity index (χ1n) is 5.09. The highest BCUT2D eigenvalue weighted by molar-refractivity contribution is 5.30. The third-order valence-electron chi connectivity index (χ3n) is 2.59. The minimum Gasteiger partial charge on any atom is -0.382 e. The quantitative estimate of drug-likeness (QED) is 0.794. The lowest BCUT2D eigenvalue weighted by Gasteiger charge is -2.12. The summed E-state index contributed by atoms with van der Waals surface area (Å²) < 4.78 is 0. The summed E-state index contributed by atoms with van der Waals surface area (Å²) in [6, 6.07) is 3.76. The average molecular weight is 218 g/mol. The molecule has 1 atom stereocenters. The zero-order valence-electron chi connectivity index (χ0n) is 9.52. The molecule has 2 aromatic rings. The smallest absolute Gasteiger partial charge is 0.124 e. The maximum Gasteiger partial charge on any atom is 0.124 e. The number of aliphatic hydroxyl groups is 1. The first-order valence-corrected chi connectivity index (χ1v) is 5.09. The van der Waals surface area contributed by atoms with E-state index in [-0.39, 0.29) is 0 Å². The molecule has 2 aromatic heterocycles. The van der Waals surface area contributed by atoms with Gasteiger partial charge in [0.25, 0.3) is 0 Å². The number of pyridine rings is 1. The van der Waals surface area contributed by atoms with Crippen molar-refractivity contribution in [3.8, 4) is 0 Å². The summed E-state index contributed by atoms with van der Waals surface area (Å²) >= 11 is 0. The van der Waals surface area contributed by atoms with Crippen LogP contribution in [-0.2, 0) is 0 Å². The zero-order chi connectivity index (χ0) is 11.7. The Morgan fingerprint density at radius 3 is 2.50 bits per heavy atom. The van der Waals surface area contributed by atoms with Crippen molar-refractivity contribution in [2.75, 3.05) is 0 Å². The standard InChI is InChI=1S/C11H14N4O/c1-6-4-5-9(7(2)12-6)11(16)10-8(3)13-15-14-10/h4-5,11,16H,1-3H3,(H,13,14,15). The van der Waals surface area contributed by atoms with Crippen LogP contribution >= 0.6 is 0 Å². The van der Waals surface area contributed by atoms with Crippen LogP contribution in [0.1, 0.15) is 34.4 Å². The molecule has 0 amide bonds. The number of aryl methyl sites for hydroxylation is 3. The van der Waals surface area contributed by atoms with E-state index in [9.17, 15) is 5.11 Å². The molecular weight excluding hydrogens is 204 g/mol. The van der Waals surface area contributed by atoms with E-state index in [4.69, 9.17) is 0 Å². The van der Waals surface area contributed by atoms with Gasteiger partial charge in [-0.15, -0.1) is 5.10 Å². The second kappa shape index (κ2) is 4.02. The van der Waals surface area contributed by atoms with E-state index >= 15 is 0 Å². The second-order valence-corrected chi connectivity index (χ2v) is 3.84. The number of nitrogens with zero attached hydrogens (tertiary/aromatic N) is 3. The van der Waals surface area contributed by atoms with Crippen LogP contribution in [0.4, 0.5) is 0 Å². The molecule has 16 heavy (non-hydrogen) atoms. The Morgan fingerprint density at radius 1 is 1.19 bits per heavy atom. The minimum atomic E-state index is -0.747. The number of hydrogen-bond acceptors (Lipinski definition) is 4. The SMILES string of the molecule is Cc1ccc(C(O)c2[nH]nnc2C)c(C)n1. The Morgan fingerprint density at radius 2 is 1.94 bits per heavy atom. The third kappa shape index (κ3) is 1.81. The molecule has 0 aliphatic rings. The summed E-state index contributed by atoms with van der Waals surface area (Å²) in [5, 5.41) is 20.4. The molecule has 0 radical (unpaired) electrons. The summed E-state index contributed by atoms with van der Waals surface area (Å²) in [7, 11) is 0. The number of aromatic amines is 1. The van der Waals surface area contributed by atoms with Crippen LogP contribution in [0.15, 0.2) is 12.1 Å². The van der Waals surface area contributed by atoms with E-state index < -0.39 is 6.10 Å². The number of aromatic nitrogens is 4. The molecule has 0 aliphatic carbocycles. The van der Waals surface area contributed by atoms with E-state index in [0.29, 0.717) is 11.4 Å². The van der Waals surface area contributed by atoms with E-state index in [1.54, 1.807) is 6.92 Å². The van der Waals surface area contributed by atoms with Gasteiger partial charge >= 0.3 is 0 Å². The molecule has 0 spiro atoms. The molecule has 0 aliphatic heterocycles. The number of hydrogen-bond donors (Lipinski definition) is 2.